The van der Waals surface area contributed by atoms with Gasteiger partial charge in [0.2, 0.25) is 0 Å². The second-order valence-corrected chi connectivity index (χ2v) is 5.50. The van der Waals surface area contributed by atoms with Crippen LogP contribution in [0.1, 0.15) is 33.1 Å². The number of rotatable bonds is 3. The van der Waals surface area contributed by atoms with Crippen molar-refractivity contribution in [3.8, 4) is 0 Å². The van der Waals surface area contributed by atoms with Gasteiger partial charge in [0.25, 0.3) is 0 Å². The van der Waals surface area contributed by atoms with Crippen molar-refractivity contribution in [1.29, 1.82) is 0 Å². The monoisotopic (exact) mass is 173 g/mol. The molecule has 0 saturated carbocycles. The van der Waals surface area contributed by atoms with Crippen LogP contribution in [0.4, 0.5) is 0 Å². The summed E-state index contributed by atoms with van der Waals surface area (Å²) in [6, 6.07) is 0. The SMILES string of the molecule is CC(C)CC1(CN)CCCS1. The van der Waals surface area contributed by atoms with Gasteiger partial charge in [-0.2, -0.15) is 11.8 Å². The van der Waals surface area contributed by atoms with E-state index in [-0.39, 0.29) is 0 Å². The average Bonchev–Trinajstić information content (AvgIpc) is 2.36. The normalized spacial score (nSPS) is 31.6. The van der Waals surface area contributed by atoms with Crippen LogP contribution in [0.5, 0.6) is 0 Å². The maximum absolute atomic E-state index is 5.80. The quantitative estimate of drug-likeness (QED) is 0.708. The molecule has 11 heavy (non-hydrogen) atoms. The molecule has 0 aromatic heterocycles. The van der Waals surface area contributed by atoms with E-state index in [1.807, 2.05) is 0 Å². The lowest BCUT2D eigenvalue weighted by Crippen LogP contribution is -2.33. The van der Waals surface area contributed by atoms with Crippen molar-refractivity contribution in [3.63, 3.8) is 0 Å². The number of nitrogens with two attached hydrogens (primary N) is 1. The molecule has 1 saturated heterocycles. The first-order valence-electron chi connectivity index (χ1n) is 4.52. The van der Waals surface area contributed by atoms with Gasteiger partial charge >= 0.3 is 0 Å². The second kappa shape index (κ2) is 3.81. The summed E-state index contributed by atoms with van der Waals surface area (Å²) in [4.78, 5) is 0. The van der Waals surface area contributed by atoms with Crippen LogP contribution in [-0.4, -0.2) is 17.0 Å². The van der Waals surface area contributed by atoms with E-state index in [2.05, 4.69) is 25.6 Å². The lowest BCUT2D eigenvalue weighted by Gasteiger charge is -2.28. The van der Waals surface area contributed by atoms with Crippen molar-refractivity contribution < 1.29 is 0 Å². The molecule has 2 N–H and O–H groups in total. The predicted molar refractivity (Wildman–Crippen MR) is 52.9 cm³/mol. The Bertz CT molecular complexity index is 117. The zero-order valence-corrected chi connectivity index (χ0v) is 8.41. The Morgan fingerprint density at radius 2 is 2.27 bits per heavy atom. The Balaban J connectivity index is 2.45. The largest absolute Gasteiger partial charge is 0.329 e. The molecule has 1 heterocycles. The lowest BCUT2D eigenvalue weighted by molar-refractivity contribution is 0.444. The summed E-state index contributed by atoms with van der Waals surface area (Å²) in [5, 5.41) is 0. The molecule has 1 aliphatic rings. The van der Waals surface area contributed by atoms with Gasteiger partial charge < -0.3 is 5.73 Å². The summed E-state index contributed by atoms with van der Waals surface area (Å²) >= 11 is 2.09. The van der Waals surface area contributed by atoms with Crippen LogP contribution >= 0.6 is 11.8 Å². The van der Waals surface area contributed by atoms with Crippen LogP contribution in [0.3, 0.4) is 0 Å². The van der Waals surface area contributed by atoms with Gasteiger partial charge in [-0.3, -0.25) is 0 Å². The van der Waals surface area contributed by atoms with Gasteiger partial charge in [-0.15, -0.1) is 0 Å². The smallest absolute Gasteiger partial charge is 0.0285 e. The topological polar surface area (TPSA) is 26.0 Å². The van der Waals surface area contributed by atoms with E-state index in [0.29, 0.717) is 4.75 Å². The summed E-state index contributed by atoms with van der Waals surface area (Å²) in [7, 11) is 0. The maximum atomic E-state index is 5.80. The number of hydrogen-bond acceptors (Lipinski definition) is 2. The number of hydrogen-bond donors (Lipinski definition) is 1. The first-order chi connectivity index (χ1) is 5.18. The van der Waals surface area contributed by atoms with Gasteiger partial charge in [-0.25, -0.2) is 0 Å². The Morgan fingerprint density at radius 1 is 1.55 bits per heavy atom. The Kier molecular flexibility index (Phi) is 3.26. The van der Waals surface area contributed by atoms with Gasteiger partial charge in [0, 0.05) is 11.3 Å². The van der Waals surface area contributed by atoms with E-state index in [0.717, 1.165) is 12.5 Å². The minimum atomic E-state index is 0.453. The molecule has 0 aromatic rings. The molecule has 0 spiro atoms. The molecule has 1 aliphatic heterocycles. The van der Waals surface area contributed by atoms with Crippen molar-refractivity contribution in [2.75, 3.05) is 12.3 Å². The standard InChI is InChI=1S/C9H19NS/c1-8(2)6-9(7-10)4-3-5-11-9/h8H,3-7,10H2,1-2H3. The minimum absolute atomic E-state index is 0.453. The van der Waals surface area contributed by atoms with Crippen molar-refractivity contribution in [3.05, 3.63) is 0 Å². The summed E-state index contributed by atoms with van der Waals surface area (Å²) in [6.45, 7) is 5.45. The highest BCUT2D eigenvalue weighted by atomic mass is 32.2. The summed E-state index contributed by atoms with van der Waals surface area (Å²) < 4.78 is 0.453. The minimum Gasteiger partial charge on any atom is -0.329 e. The molecule has 1 rings (SSSR count). The van der Waals surface area contributed by atoms with Crippen molar-refractivity contribution in [2.24, 2.45) is 11.7 Å². The molecular weight excluding hydrogens is 154 g/mol. The second-order valence-electron chi connectivity index (χ2n) is 3.94. The fourth-order valence-electron chi connectivity index (χ4n) is 1.90. The first kappa shape index (κ1) is 9.40. The van der Waals surface area contributed by atoms with Crippen molar-refractivity contribution in [2.45, 2.75) is 37.9 Å². The molecule has 1 nitrogen and oxygen atoms in total. The Labute approximate surface area is 74.1 Å². The molecule has 0 aromatic carbocycles. The molecule has 1 unspecified atom stereocenters. The van der Waals surface area contributed by atoms with E-state index in [1.54, 1.807) is 0 Å². The molecule has 66 valence electrons. The van der Waals surface area contributed by atoms with E-state index in [1.165, 1.54) is 25.0 Å². The summed E-state index contributed by atoms with van der Waals surface area (Å²) in [5.74, 6) is 2.12. The average molecular weight is 173 g/mol. The molecule has 0 amide bonds. The van der Waals surface area contributed by atoms with Crippen LogP contribution in [0.15, 0.2) is 0 Å². The third-order valence-corrected chi connectivity index (χ3v) is 3.98. The van der Waals surface area contributed by atoms with Gasteiger partial charge in [-0.05, 0) is 30.9 Å². The van der Waals surface area contributed by atoms with Gasteiger partial charge in [0.1, 0.15) is 0 Å². The van der Waals surface area contributed by atoms with Crippen LogP contribution in [0.2, 0.25) is 0 Å². The molecule has 1 atom stereocenters. The predicted octanol–water partition coefficient (Wildman–Crippen LogP) is 2.26. The highest BCUT2D eigenvalue weighted by molar-refractivity contribution is 8.00. The fraction of sp³-hybridized carbons (Fsp3) is 1.00. The molecule has 0 radical (unpaired) electrons. The third kappa shape index (κ3) is 2.38. The Morgan fingerprint density at radius 3 is 2.64 bits per heavy atom. The Hall–Kier alpha value is 0.310. The van der Waals surface area contributed by atoms with Gasteiger partial charge in [-0.1, -0.05) is 13.8 Å². The van der Waals surface area contributed by atoms with Gasteiger partial charge in [0.05, 0.1) is 0 Å². The fourth-order valence-corrected chi connectivity index (χ4v) is 3.48. The molecule has 1 fully saturated rings. The van der Waals surface area contributed by atoms with Crippen LogP contribution in [0, 0.1) is 5.92 Å². The summed E-state index contributed by atoms with van der Waals surface area (Å²) in [6.07, 6.45) is 4.01. The molecule has 0 aliphatic carbocycles. The molecule has 0 bridgehead atoms. The molecule has 2 heteroatoms. The van der Waals surface area contributed by atoms with E-state index in [9.17, 15) is 0 Å². The highest BCUT2D eigenvalue weighted by Gasteiger charge is 2.33. The van der Waals surface area contributed by atoms with Gasteiger partial charge in [0.15, 0.2) is 0 Å². The van der Waals surface area contributed by atoms with Crippen LogP contribution in [0.25, 0.3) is 0 Å². The summed E-state index contributed by atoms with van der Waals surface area (Å²) in [5.41, 5.74) is 5.80. The van der Waals surface area contributed by atoms with Crippen LogP contribution in [-0.2, 0) is 0 Å². The van der Waals surface area contributed by atoms with Crippen molar-refractivity contribution >= 4 is 11.8 Å². The van der Waals surface area contributed by atoms with Crippen molar-refractivity contribution in [1.82, 2.24) is 0 Å². The first-order valence-corrected chi connectivity index (χ1v) is 5.51. The van der Waals surface area contributed by atoms with Crippen LogP contribution < -0.4 is 5.73 Å². The zero-order valence-electron chi connectivity index (χ0n) is 7.60. The maximum Gasteiger partial charge on any atom is 0.0285 e. The van der Waals surface area contributed by atoms with E-state index < -0.39 is 0 Å². The zero-order chi connectivity index (χ0) is 8.32. The van der Waals surface area contributed by atoms with E-state index >= 15 is 0 Å². The van der Waals surface area contributed by atoms with E-state index in [4.69, 9.17) is 5.73 Å². The molecular formula is C9H19NS. The highest BCUT2D eigenvalue weighted by Crippen LogP contribution is 2.41. The number of thioether (sulfide) groups is 1. The lowest BCUT2D eigenvalue weighted by atomic mass is 9.93. The third-order valence-electron chi connectivity index (χ3n) is 2.34.